The normalized spacial score (nSPS) is 11.1. The van der Waals surface area contributed by atoms with Gasteiger partial charge in [-0.25, -0.2) is 4.68 Å². The predicted molar refractivity (Wildman–Crippen MR) is 75.8 cm³/mol. The third-order valence-corrected chi connectivity index (χ3v) is 3.78. The molecule has 0 N–H and O–H groups in total. The molecule has 3 heterocycles. The minimum absolute atomic E-state index is 0.447. The van der Waals surface area contributed by atoms with Crippen molar-refractivity contribution in [3.05, 3.63) is 35.2 Å². The molecule has 0 aliphatic heterocycles. The molecule has 0 aromatic carbocycles. The van der Waals surface area contributed by atoms with Crippen molar-refractivity contribution in [3.63, 3.8) is 0 Å². The second-order valence-corrected chi connectivity index (χ2v) is 5.52. The number of aromatic nitrogens is 5. The molecule has 0 spiro atoms. The van der Waals surface area contributed by atoms with Crippen LogP contribution in [-0.2, 0) is 13.0 Å². The average molecular weight is 310 g/mol. The van der Waals surface area contributed by atoms with Crippen molar-refractivity contribution in [2.75, 3.05) is 5.88 Å². The van der Waals surface area contributed by atoms with Gasteiger partial charge in [-0.15, -0.1) is 28.0 Å². The zero-order chi connectivity index (χ0) is 13.8. The monoisotopic (exact) mass is 309 g/mol. The van der Waals surface area contributed by atoms with Crippen LogP contribution in [0.15, 0.2) is 28.2 Å². The molecular formula is C12H12ClN5OS. The first kappa shape index (κ1) is 13.3. The van der Waals surface area contributed by atoms with Gasteiger partial charge in [0.15, 0.2) is 5.82 Å². The molecule has 3 aromatic heterocycles. The quantitative estimate of drug-likeness (QED) is 0.655. The lowest BCUT2D eigenvalue weighted by Gasteiger charge is -1.92. The van der Waals surface area contributed by atoms with Crippen LogP contribution in [0.5, 0.6) is 0 Å². The van der Waals surface area contributed by atoms with Crippen molar-refractivity contribution in [2.45, 2.75) is 19.4 Å². The Balaban J connectivity index is 1.67. The first-order valence-electron chi connectivity index (χ1n) is 6.16. The zero-order valence-corrected chi connectivity index (χ0v) is 12.1. The highest BCUT2D eigenvalue weighted by Crippen LogP contribution is 2.22. The maximum Gasteiger partial charge on any atom is 0.268 e. The van der Waals surface area contributed by atoms with Gasteiger partial charge in [-0.2, -0.15) is 4.98 Å². The van der Waals surface area contributed by atoms with E-state index < -0.39 is 0 Å². The highest BCUT2D eigenvalue weighted by Gasteiger charge is 2.10. The molecule has 0 radical (unpaired) electrons. The molecule has 3 aromatic rings. The molecule has 0 aliphatic carbocycles. The van der Waals surface area contributed by atoms with E-state index in [-0.39, 0.29) is 0 Å². The Morgan fingerprint density at radius 2 is 2.35 bits per heavy atom. The molecule has 0 amide bonds. The zero-order valence-electron chi connectivity index (χ0n) is 10.6. The van der Waals surface area contributed by atoms with Crippen LogP contribution >= 0.6 is 22.9 Å². The Morgan fingerprint density at radius 3 is 3.15 bits per heavy atom. The van der Waals surface area contributed by atoms with Gasteiger partial charge in [0.2, 0.25) is 0 Å². The minimum Gasteiger partial charge on any atom is -0.333 e. The van der Waals surface area contributed by atoms with E-state index in [4.69, 9.17) is 16.1 Å². The lowest BCUT2D eigenvalue weighted by molar-refractivity contribution is 0.419. The molecule has 0 unspecified atom stereocenters. The molecule has 3 rings (SSSR count). The van der Waals surface area contributed by atoms with Crippen LogP contribution in [0.1, 0.15) is 17.9 Å². The van der Waals surface area contributed by atoms with Crippen molar-refractivity contribution >= 4 is 22.9 Å². The van der Waals surface area contributed by atoms with Crippen LogP contribution in [0.25, 0.3) is 10.8 Å². The number of rotatable bonds is 6. The van der Waals surface area contributed by atoms with Crippen molar-refractivity contribution in [1.82, 2.24) is 25.1 Å². The average Bonchev–Trinajstić information content (AvgIpc) is 3.18. The van der Waals surface area contributed by atoms with Gasteiger partial charge in [-0.1, -0.05) is 16.4 Å². The van der Waals surface area contributed by atoms with Crippen LogP contribution < -0.4 is 0 Å². The number of aryl methyl sites for hydroxylation is 1. The molecule has 104 valence electrons. The molecule has 0 saturated heterocycles. The number of thiophene rings is 1. The van der Waals surface area contributed by atoms with E-state index in [2.05, 4.69) is 20.5 Å². The van der Waals surface area contributed by atoms with E-state index in [1.54, 1.807) is 16.0 Å². The second-order valence-electron chi connectivity index (χ2n) is 4.19. The standard InChI is InChI=1S/C12H12ClN5OS/c13-5-1-3-9-7-18(17-15-9)8-11-14-12(19-16-11)10-4-2-6-20-10/h2,4,6-7H,1,3,5,8H2. The third kappa shape index (κ3) is 3.05. The van der Waals surface area contributed by atoms with E-state index in [0.717, 1.165) is 23.4 Å². The largest absolute Gasteiger partial charge is 0.333 e. The SMILES string of the molecule is ClCCCc1cn(Cc2noc(-c3cccs3)n2)nn1. The summed E-state index contributed by atoms with van der Waals surface area (Å²) < 4.78 is 6.92. The van der Waals surface area contributed by atoms with E-state index in [9.17, 15) is 0 Å². The van der Waals surface area contributed by atoms with Gasteiger partial charge in [-0.3, -0.25) is 0 Å². The van der Waals surface area contributed by atoms with Crippen molar-refractivity contribution in [3.8, 4) is 10.8 Å². The molecule has 0 fully saturated rings. The summed E-state index contributed by atoms with van der Waals surface area (Å²) in [5.41, 5.74) is 0.924. The fraction of sp³-hybridized carbons (Fsp3) is 0.333. The van der Waals surface area contributed by atoms with Crippen LogP contribution in [0, 0.1) is 0 Å². The maximum atomic E-state index is 5.65. The number of halogens is 1. The Morgan fingerprint density at radius 1 is 1.40 bits per heavy atom. The summed E-state index contributed by atoms with van der Waals surface area (Å²) in [6, 6.07) is 3.89. The summed E-state index contributed by atoms with van der Waals surface area (Å²) in [6.45, 7) is 0.447. The second kappa shape index (κ2) is 6.15. The minimum atomic E-state index is 0.447. The van der Waals surface area contributed by atoms with Gasteiger partial charge >= 0.3 is 0 Å². The molecule has 0 atom stereocenters. The first-order chi connectivity index (χ1) is 9.85. The van der Waals surface area contributed by atoms with Gasteiger partial charge in [0.25, 0.3) is 5.89 Å². The van der Waals surface area contributed by atoms with Crippen molar-refractivity contribution < 1.29 is 4.52 Å². The van der Waals surface area contributed by atoms with Crippen molar-refractivity contribution in [1.29, 1.82) is 0 Å². The molecule has 20 heavy (non-hydrogen) atoms. The fourth-order valence-electron chi connectivity index (χ4n) is 1.74. The lowest BCUT2D eigenvalue weighted by Crippen LogP contribution is -2.02. The van der Waals surface area contributed by atoms with E-state index in [0.29, 0.717) is 24.1 Å². The number of nitrogens with zero attached hydrogens (tertiary/aromatic N) is 5. The maximum absolute atomic E-state index is 5.65. The highest BCUT2D eigenvalue weighted by molar-refractivity contribution is 7.13. The van der Waals surface area contributed by atoms with E-state index in [1.165, 1.54) is 0 Å². The summed E-state index contributed by atoms with van der Waals surface area (Å²) in [5.74, 6) is 1.75. The molecule has 6 nitrogen and oxygen atoms in total. The van der Waals surface area contributed by atoms with Gasteiger partial charge < -0.3 is 4.52 Å². The Kier molecular flexibility index (Phi) is 4.08. The molecule has 0 aliphatic rings. The summed E-state index contributed by atoms with van der Waals surface area (Å²) in [6.07, 6.45) is 3.61. The molecule has 0 saturated carbocycles. The molecular weight excluding hydrogens is 298 g/mol. The van der Waals surface area contributed by atoms with Gasteiger partial charge in [0.1, 0.15) is 6.54 Å². The number of hydrogen-bond donors (Lipinski definition) is 0. The van der Waals surface area contributed by atoms with Crippen molar-refractivity contribution in [2.24, 2.45) is 0 Å². The molecule has 8 heteroatoms. The summed E-state index contributed by atoms with van der Waals surface area (Å²) in [4.78, 5) is 5.31. The molecule has 0 bridgehead atoms. The van der Waals surface area contributed by atoms with Crippen LogP contribution in [0.2, 0.25) is 0 Å². The number of hydrogen-bond acceptors (Lipinski definition) is 6. The Bertz CT molecular complexity index is 663. The topological polar surface area (TPSA) is 69.6 Å². The van der Waals surface area contributed by atoms with Gasteiger partial charge in [0, 0.05) is 12.1 Å². The Hall–Kier alpha value is -1.73. The van der Waals surface area contributed by atoms with E-state index >= 15 is 0 Å². The lowest BCUT2D eigenvalue weighted by atomic mass is 10.3. The third-order valence-electron chi connectivity index (χ3n) is 2.66. The van der Waals surface area contributed by atoms with Gasteiger partial charge in [0.05, 0.1) is 10.6 Å². The van der Waals surface area contributed by atoms with Crippen LogP contribution in [0.3, 0.4) is 0 Å². The summed E-state index contributed by atoms with van der Waals surface area (Å²) >= 11 is 7.22. The smallest absolute Gasteiger partial charge is 0.268 e. The first-order valence-corrected chi connectivity index (χ1v) is 7.58. The predicted octanol–water partition coefficient (Wildman–Crippen LogP) is 2.61. The highest BCUT2D eigenvalue weighted by atomic mass is 35.5. The Labute approximate surface area is 124 Å². The van der Waals surface area contributed by atoms with E-state index in [1.807, 2.05) is 23.7 Å². The van der Waals surface area contributed by atoms with Crippen LogP contribution in [-0.4, -0.2) is 31.0 Å². The fourth-order valence-corrected chi connectivity index (χ4v) is 2.52. The summed E-state index contributed by atoms with van der Waals surface area (Å²) in [5, 5.41) is 14.0. The van der Waals surface area contributed by atoms with Gasteiger partial charge in [-0.05, 0) is 24.3 Å². The number of alkyl halides is 1. The van der Waals surface area contributed by atoms with Crippen LogP contribution in [0.4, 0.5) is 0 Å². The summed E-state index contributed by atoms with van der Waals surface area (Å²) in [7, 11) is 0.